The maximum Gasteiger partial charge on any atom is 0.276 e. The third kappa shape index (κ3) is 3.04. The van der Waals surface area contributed by atoms with Crippen LogP contribution in [0.1, 0.15) is 29.8 Å². The maximum absolute atomic E-state index is 12.8. The van der Waals surface area contributed by atoms with E-state index < -0.39 is 0 Å². The molecule has 3 rings (SSSR count). The molecule has 1 fully saturated rings. The van der Waals surface area contributed by atoms with Gasteiger partial charge in [-0.3, -0.25) is 4.79 Å². The van der Waals surface area contributed by atoms with E-state index in [-0.39, 0.29) is 18.4 Å². The molecular formula is C17H20N2O3. The quantitative estimate of drug-likeness (QED) is 0.946. The Labute approximate surface area is 129 Å². The molecule has 1 saturated heterocycles. The van der Waals surface area contributed by atoms with E-state index in [0.29, 0.717) is 24.5 Å². The van der Waals surface area contributed by atoms with Crippen LogP contribution in [0.2, 0.25) is 0 Å². The van der Waals surface area contributed by atoms with Gasteiger partial charge < -0.3 is 14.4 Å². The average Bonchev–Trinajstić information content (AvgIpc) is 2.93. The Hall–Kier alpha value is -2.14. The average molecular weight is 300 g/mol. The lowest BCUT2D eigenvalue weighted by molar-refractivity contribution is 0.0715. The number of nitrogens with zero attached hydrogens (tertiary/aromatic N) is 2. The molecule has 0 aliphatic carbocycles. The van der Waals surface area contributed by atoms with Crippen LogP contribution in [-0.2, 0) is 0 Å². The van der Waals surface area contributed by atoms with Crippen LogP contribution in [0, 0.1) is 5.92 Å². The molecule has 0 saturated carbocycles. The van der Waals surface area contributed by atoms with Crippen molar-refractivity contribution >= 4 is 5.91 Å². The highest BCUT2D eigenvalue weighted by Gasteiger charge is 2.27. The van der Waals surface area contributed by atoms with Gasteiger partial charge in [-0.25, -0.2) is 4.98 Å². The van der Waals surface area contributed by atoms with Crippen molar-refractivity contribution in [1.82, 2.24) is 9.88 Å². The Morgan fingerprint density at radius 2 is 2.14 bits per heavy atom. The summed E-state index contributed by atoms with van der Waals surface area (Å²) in [6.07, 6.45) is 4.28. The number of hydrogen-bond donors (Lipinski definition) is 1. The summed E-state index contributed by atoms with van der Waals surface area (Å²) in [6.45, 7) is 1.40. The molecule has 1 amide bonds. The molecule has 0 radical (unpaired) electrons. The lowest BCUT2D eigenvalue weighted by atomic mass is 10.0. The third-order valence-electron chi connectivity index (χ3n) is 4.12. The highest BCUT2D eigenvalue weighted by molar-refractivity contribution is 5.97. The fourth-order valence-corrected chi connectivity index (χ4v) is 2.91. The largest absolute Gasteiger partial charge is 0.443 e. The monoisotopic (exact) mass is 300 g/mol. The highest BCUT2D eigenvalue weighted by Crippen LogP contribution is 2.25. The van der Waals surface area contributed by atoms with Gasteiger partial charge in [0.05, 0.1) is 0 Å². The number of likely N-dealkylation sites (tertiary alicyclic amines) is 1. The smallest absolute Gasteiger partial charge is 0.276 e. The SMILES string of the molecule is O=C(c1ncoc1-c1ccccc1)N1CCCC[C@H](CO)C1. The highest BCUT2D eigenvalue weighted by atomic mass is 16.3. The predicted molar refractivity (Wildman–Crippen MR) is 82.3 cm³/mol. The van der Waals surface area contributed by atoms with Crippen LogP contribution in [0.15, 0.2) is 41.1 Å². The third-order valence-corrected chi connectivity index (χ3v) is 4.12. The van der Waals surface area contributed by atoms with Crippen LogP contribution in [0.5, 0.6) is 0 Å². The normalized spacial score (nSPS) is 19.0. The molecule has 2 heterocycles. The zero-order valence-corrected chi connectivity index (χ0v) is 12.4. The van der Waals surface area contributed by atoms with Crippen molar-refractivity contribution in [1.29, 1.82) is 0 Å². The van der Waals surface area contributed by atoms with E-state index in [1.165, 1.54) is 6.39 Å². The number of aliphatic hydroxyl groups is 1. The summed E-state index contributed by atoms with van der Waals surface area (Å²) in [5.74, 6) is 0.543. The van der Waals surface area contributed by atoms with Crippen molar-refractivity contribution in [2.45, 2.75) is 19.3 Å². The van der Waals surface area contributed by atoms with Crippen molar-refractivity contribution in [3.05, 3.63) is 42.4 Å². The molecule has 0 spiro atoms. The fourth-order valence-electron chi connectivity index (χ4n) is 2.91. The molecular weight excluding hydrogens is 280 g/mol. The number of carbonyl (C=O) groups excluding carboxylic acids is 1. The van der Waals surface area contributed by atoms with Crippen molar-refractivity contribution in [3.8, 4) is 11.3 Å². The summed E-state index contributed by atoms with van der Waals surface area (Å²) in [5, 5.41) is 9.41. The Morgan fingerprint density at radius 3 is 2.91 bits per heavy atom. The zero-order valence-electron chi connectivity index (χ0n) is 12.4. The first-order valence-corrected chi connectivity index (χ1v) is 7.68. The molecule has 1 atom stereocenters. The molecule has 5 nitrogen and oxygen atoms in total. The first-order valence-electron chi connectivity index (χ1n) is 7.68. The van der Waals surface area contributed by atoms with Crippen LogP contribution < -0.4 is 0 Å². The van der Waals surface area contributed by atoms with Gasteiger partial charge >= 0.3 is 0 Å². The lowest BCUT2D eigenvalue weighted by Gasteiger charge is -2.23. The van der Waals surface area contributed by atoms with Gasteiger partial charge in [-0.1, -0.05) is 36.8 Å². The molecule has 1 N–H and O–H groups in total. The predicted octanol–water partition coefficient (Wildman–Crippen LogP) is 2.58. The molecule has 1 aromatic heterocycles. The van der Waals surface area contributed by atoms with Crippen molar-refractivity contribution in [3.63, 3.8) is 0 Å². The van der Waals surface area contributed by atoms with Crippen molar-refractivity contribution < 1.29 is 14.3 Å². The van der Waals surface area contributed by atoms with Crippen LogP contribution in [0.25, 0.3) is 11.3 Å². The number of carbonyl (C=O) groups is 1. The Kier molecular flexibility index (Phi) is 4.53. The van der Waals surface area contributed by atoms with E-state index in [4.69, 9.17) is 4.42 Å². The fraction of sp³-hybridized carbons (Fsp3) is 0.412. The zero-order chi connectivity index (χ0) is 15.4. The first-order chi connectivity index (χ1) is 10.8. The standard InChI is InChI=1S/C17H20N2O3/c20-11-13-6-4-5-9-19(10-13)17(21)15-16(22-12-18-15)14-7-2-1-3-8-14/h1-3,7-8,12-13,20H,4-6,9-11H2/t13-/m0/s1. The maximum atomic E-state index is 12.8. The number of oxazole rings is 1. The number of aliphatic hydroxyl groups excluding tert-OH is 1. The minimum atomic E-state index is -0.118. The van der Waals surface area contributed by atoms with Gasteiger partial charge in [-0.15, -0.1) is 0 Å². The summed E-state index contributed by atoms with van der Waals surface area (Å²) in [7, 11) is 0. The van der Waals surface area contributed by atoms with Crippen LogP contribution in [0.4, 0.5) is 0 Å². The van der Waals surface area contributed by atoms with E-state index in [0.717, 1.165) is 24.8 Å². The van der Waals surface area contributed by atoms with Crippen LogP contribution in [0.3, 0.4) is 0 Å². The second-order valence-corrected chi connectivity index (χ2v) is 5.69. The number of amides is 1. The van der Waals surface area contributed by atoms with Crippen molar-refractivity contribution in [2.75, 3.05) is 19.7 Å². The van der Waals surface area contributed by atoms with Gasteiger partial charge in [0.25, 0.3) is 5.91 Å². The molecule has 1 aliphatic rings. The van der Waals surface area contributed by atoms with Crippen LogP contribution in [-0.4, -0.2) is 40.6 Å². The van der Waals surface area contributed by atoms with Crippen LogP contribution >= 0.6 is 0 Å². The molecule has 2 aromatic rings. The van der Waals surface area contributed by atoms with E-state index >= 15 is 0 Å². The van der Waals surface area contributed by atoms with Gasteiger partial charge in [0, 0.05) is 25.3 Å². The minimum absolute atomic E-state index is 0.118. The molecule has 0 unspecified atom stereocenters. The summed E-state index contributed by atoms with van der Waals surface area (Å²) in [6, 6.07) is 9.52. The van der Waals surface area contributed by atoms with E-state index in [1.54, 1.807) is 4.90 Å². The number of hydrogen-bond acceptors (Lipinski definition) is 4. The van der Waals surface area contributed by atoms with E-state index in [2.05, 4.69) is 4.98 Å². The molecule has 5 heteroatoms. The van der Waals surface area contributed by atoms with E-state index in [1.807, 2.05) is 30.3 Å². The second kappa shape index (κ2) is 6.75. The van der Waals surface area contributed by atoms with Gasteiger partial charge in [-0.05, 0) is 18.8 Å². The number of benzene rings is 1. The van der Waals surface area contributed by atoms with Gasteiger partial charge in [-0.2, -0.15) is 0 Å². The Bertz CT molecular complexity index is 624. The first kappa shape index (κ1) is 14.8. The number of rotatable bonds is 3. The molecule has 22 heavy (non-hydrogen) atoms. The lowest BCUT2D eigenvalue weighted by Crippen LogP contribution is -2.36. The Balaban J connectivity index is 1.85. The molecule has 1 aliphatic heterocycles. The summed E-state index contributed by atoms with van der Waals surface area (Å²) < 4.78 is 5.44. The van der Waals surface area contributed by atoms with Gasteiger partial charge in [0.15, 0.2) is 17.8 Å². The molecule has 1 aromatic carbocycles. The summed E-state index contributed by atoms with van der Waals surface area (Å²) in [4.78, 5) is 18.7. The molecule has 116 valence electrons. The van der Waals surface area contributed by atoms with E-state index in [9.17, 15) is 9.90 Å². The topological polar surface area (TPSA) is 66.6 Å². The molecule has 0 bridgehead atoms. The Morgan fingerprint density at radius 1 is 1.32 bits per heavy atom. The summed E-state index contributed by atoms with van der Waals surface area (Å²) >= 11 is 0. The van der Waals surface area contributed by atoms with Gasteiger partial charge in [0.2, 0.25) is 0 Å². The summed E-state index contributed by atoms with van der Waals surface area (Å²) in [5.41, 5.74) is 1.20. The van der Waals surface area contributed by atoms with Crippen molar-refractivity contribution in [2.24, 2.45) is 5.92 Å². The number of aromatic nitrogens is 1. The minimum Gasteiger partial charge on any atom is -0.443 e. The second-order valence-electron chi connectivity index (χ2n) is 5.69. The van der Waals surface area contributed by atoms with Gasteiger partial charge in [0.1, 0.15) is 0 Å².